The van der Waals surface area contributed by atoms with Crippen molar-refractivity contribution < 1.29 is 4.39 Å². The number of aromatic nitrogens is 3. The fourth-order valence-corrected chi connectivity index (χ4v) is 5.04. The van der Waals surface area contributed by atoms with E-state index in [0.29, 0.717) is 28.7 Å². The van der Waals surface area contributed by atoms with Gasteiger partial charge in [0.1, 0.15) is 17.3 Å². The molecule has 3 aromatic rings. The topological polar surface area (TPSA) is 80.9 Å². The van der Waals surface area contributed by atoms with Crippen molar-refractivity contribution in [2.24, 2.45) is 5.92 Å². The summed E-state index contributed by atoms with van der Waals surface area (Å²) >= 11 is 0. The molecule has 0 unspecified atom stereocenters. The monoisotopic (exact) mass is 487 g/mol. The van der Waals surface area contributed by atoms with E-state index in [9.17, 15) is 4.39 Å². The van der Waals surface area contributed by atoms with Gasteiger partial charge in [0.15, 0.2) is 0 Å². The van der Waals surface area contributed by atoms with Crippen LogP contribution in [0.4, 0.5) is 21.6 Å². The van der Waals surface area contributed by atoms with Crippen molar-refractivity contribution in [3.8, 4) is 0 Å². The van der Waals surface area contributed by atoms with Crippen molar-refractivity contribution in [3.05, 3.63) is 78.5 Å². The number of aromatic amines is 1. The molecule has 2 aliphatic rings. The van der Waals surface area contributed by atoms with E-state index >= 15 is 0 Å². The van der Waals surface area contributed by atoms with E-state index in [-0.39, 0.29) is 5.82 Å². The lowest BCUT2D eigenvalue weighted by molar-refractivity contribution is 0.372. The zero-order valence-electron chi connectivity index (χ0n) is 20.6. The molecule has 0 saturated carbocycles. The number of benzene rings is 1. The van der Waals surface area contributed by atoms with Gasteiger partial charge in [-0.2, -0.15) is 5.10 Å². The average Bonchev–Trinajstić information content (AvgIpc) is 3.57. The lowest BCUT2D eigenvalue weighted by Gasteiger charge is -2.23. The van der Waals surface area contributed by atoms with Gasteiger partial charge in [-0.05, 0) is 87.0 Å². The van der Waals surface area contributed by atoms with Crippen LogP contribution in [0.5, 0.6) is 0 Å². The highest BCUT2D eigenvalue weighted by atomic mass is 19.1. The third-order valence-electron chi connectivity index (χ3n) is 6.99. The first kappa shape index (κ1) is 24.1. The highest BCUT2D eigenvalue weighted by Crippen LogP contribution is 2.28. The van der Waals surface area contributed by atoms with E-state index in [1.165, 1.54) is 18.9 Å². The van der Waals surface area contributed by atoms with E-state index in [1.807, 2.05) is 24.4 Å². The third-order valence-corrected chi connectivity index (χ3v) is 6.99. The fourth-order valence-electron chi connectivity index (χ4n) is 5.04. The normalized spacial score (nSPS) is 16.2. The second-order valence-electron chi connectivity index (χ2n) is 9.71. The zero-order valence-corrected chi connectivity index (χ0v) is 20.6. The molecule has 0 radical (unpaired) electrons. The average molecular weight is 488 g/mol. The summed E-state index contributed by atoms with van der Waals surface area (Å²) in [6.07, 6.45) is 9.05. The summed E-state index contributed by atoms with van der Waals surface area (Å²) in [6, 6.07) is 9.21. The van der Waals surface area contributed by atoms with Crippen molar-refractivity contribution in [1.29, 1.82) is 0 Å². The van der Waals surface area contributed by atoms with E-state index in [0.717, 1.165) is 68.1 Å². The molecule has 8 heteroatoms. The number of H-pyrrole nitrogens is 1. The minimum atomic E-state index is -0.247. The largest absolute Gasteiger partial charge is 0.357 e. The molecule has 0 amide bonds. The van der Waals surface area contributed by atoms with Crippen molar-refractivity contribution in [2.45, 2.75) is 32.1 Å². The van der Waals surface area contributed by atoms with Crippen LogP contribution in [0, 0.1) is 11.7 Å². The Balaban J connectivity index is 1.24. The van der Waals surface area contributed by atoms with Crippen LogP contribution in [0.1, 0.15) is 42.5 Å². The number of rotatable bonds is 9. The van der Waals surface area contributed by atoms with Crippen LogP contribution in [0.15, 0.2) is 55.9 Å². The van der Waals surface area contributed by atoms with E-state index in [4.69, 9.17) is 0 Å². The van der Waals surface area contributed by atoms with E-state index in [1.54, 1.807) is 12.3 Å². The number of hydrogen-bond donors (Lipinski definition) is 4. The first-order valence-corrected chi connectivity index (χ1v) is 12.7. The molecule has 0 bridgehead atoms. The molecular formula is C28H34FN7. The SMILES string of the molecule is C=C(Nc1cn[nH]c1C(=C)Nc1ccc(N2CCCC2)nc1)c1cc(F)cc(CC2CCNCC2)c1. The zero-order chi connectivity index (χ0) is 24.9. The summed E-state index contributed by atoms with van der Waals surface area (Å²) in [6.45, 7) is 12.5. The Hall–Kier alpha value is -3.65. The number of nitrogens with zero attached hydrogens (tertiary/aromatic N) is 3. The molecule has 2 fully saturated rings. The number of nitrogens with one attached hydrogen (secondary N) is 4. The molecule has 2 saturated heterocycles. The minimum absolute atomic E-state index is 0.247. The molecule has 4 heterocycles. The molecule has 7 nitrogen and oxygen atoms in total. The van der Waals surface area contributed by atoms with Crippen LogP contribution in [0.2, 0.25) is 0 Å². The summed E-state index contributed by atoms with van der Waals surface area (Å²) in [5, 5.41) is 17.1. The number of anilines is 3. The number of pyridine rings is 1. The Kier molecular flexibility index (Phi) is 7.32. The molecule has 4 N–H and O–H groups in total. The Labute approximate surface area is 211 Å². The predicted molar refractivity (Wildman–Crippen MR) is 145 cm³/mol. The van der Waals surface area contributed by atoms with Crippen LogP contribution in [0.3, 0.4) is 0 Å². The first-order chi connectivity index (χ1) is 17.5. The third kappa shape index (κ3) is 5.76. The molecule has 188 valence electrons. The van der Waals surface area contributed by atoms with Crippen LogP contribution >= 0.6 is 0 Å². The highest BCUT2D eigenvalue weighted by Gasteiger charge is 2.17. The van der Waals surface area contributed by atoms with Gasteiger partial charge in [-0.3, -0.25) is 5.10 Å². The first-order valence-electron chi connectivity index (χ1n) is 12.7. The lowest BCUT2D eigenvalue weighted by Crippen LogP contribution is -2.28. The van der Waals surface area contributed by atoms with Crippen LogP contribution < -0.4 is 20.9 Å². The molecule has 1 aromatic carbocycles. The van der Waals surface area contributed by atoms with Crippen molar-refractivity contribution in [2.75, 3.05) is 41.7 Å². The molecule has 5 rings (SSSR count). The Bertz CT molecular complexity index is 1200. The molecule has 0 aliphatic carbocycles. The number of halogens is 1. The van der Waals surface area contributed by atoms with Crippen molar-refractivity contribution in [3.63, 3.8) is 0 Å². The molecule has 2 aliphatic heterocycles. The molecule has 2 aromatic heterocycles. The second kappa shape index (κ2) is 11.0. The molecule has 36 heavy (non-hydrogen) atoms. The molecule has 0 atom stereocenters. The van der Waals surface area contributed by atoms with Crippen LogP contribution in [-0.2, 0) is 6.42 Å². The van der Waals surface area contributed by atoms with Crippen molar-refractivity contribution in [1.82, 2.24) is 20.5 Å². The van der Waals surface area contributed by atoms with Gasteiger partial charge in [0.25, 0.3) is 0 Å². The predicted octanol–water partition coefficient (Wildman–Crippen LogP) is 5.25. The molecular weight excluding hydrogens is 453 g/mol. The van der Waals surface area contributed by atoms with Gasteiger partial charge in [-0.25, -0.2) is 9.37 Å². The highest BCUT2D eigenvalue weighted by molar-refractivity contribution is 5.85. The van der Waals surface area contributed by atoms with Gasteiger partial charge in [0.2, 0.25) is 0 Å². The summed E-state index contributed by atoms with van der Waals surface area (Å²) < 4.78 is 14.5. The minimum Gasteiger partial charge on any atom is -0.357 e. The van der Waals surface area contributed by atoms with Crippen LogP contribution in [-0.4, -0.2) is 41.4 Å². The quantitative estimate of drug-likeness (QED) is 0.330. The summed E-state index contributed by atoms with van der Waals surface area (Å²) in [5.74, 6) is 1.33. The Morgan fingerprint density at radius 3 is 2.58 bits per heavy atom. The Morgan fingerprint density at radius 1 is 1.03 bits per heavy atom. The van der Waals surface area contributed by atoms with Crippen LogP contribution in [0.25, 0.3) is 11.4 Å². The number of hydrogen-bond acceptors (Lipinski definition) is 6. The summed E-state index contributed by atoms with van der Waals surface area (Å²) in [7, 11) is 0. The van der Waals surface area contributed by atoms with Gasteiger partial charge >= 0.3 is 0 Å². The Morgan fingerprint density at radius 2 is 1.83 bits per heavy atom. The van der Waals surface area contributed by atoms with Gasteiger partial charge < -0.3 is 20.9 Å². The second-order valence-corrected chi connectivity index (χ2v) is 9.71. The van der Waals surface area contributed by atoms with Gasteiger partial charge in [0, 0.05) is 24.4 Å². The summed E-state index contributed by atoms with van der Waals surface area (Å²) in [5.41, 5.74) is 5.23. The standard InChI is InChI=1S/C28H34FN7/c1-19(23-14-22(15-24(29)16-23)13-21-7-9-30-10-8-21)34-26-18-32-35-28(26)20(2)33-25-5-6-27(31-17-25)36-11-3-4-12-36/h5-6,14-18,21,30,33-34H,1-4,7-13H2,(H,32,35). The lowest BCUT2D eigenvalue weighted by atomic mass is 9.90. The number of piperidine rings is 1. The maximum absolute atomic E-state index is 14.5. The summed E-state index contributed by atoms with van der Waals surface area (Å²) in [4.78, 5) is 6.89. The molecule has 0 spiro atoms. The van der Waals surface area contributed by atoms with Gasteiger partial charge in [-0.15, -0.1) is 0 Å². The maximum Gasteiger partial charge on any atom is 0.128 e. The van der Waals surface area contributed by atoms with E-state index < -0.39 is 0 Å². The smallest absolute Gasteiger partial charge is 0.128 e. The van der Waals surface area contributed by atoms with Crippen molar-refractivity contribution >= 4 is 28.6 Å². The fraction of sp³-hybridized carbons (Fsp3) is 0.357. The maximum atomic E-state index is 14.5. The van der Waals surface area contributed by atoms with Gasteiger partial charge in [-0.1, -0.05) is 13.2 Å². The van der Waals surface area contributed by atoms with Gasteiger partial charge in [0.05, 0.1) is 29.5 Å². The van der Waals surface area contributed by atoms with E-state index in [2.05, 4.69) is 49.2 Å².